The van der Waals surface area contributed by atoms with Crippen molar-refractivity contribution in [1.29, 1.82) is 0 Å². The average Bonchev–Trinajstić information content (AvgIpc) is 3.17. The van der Waals surface area contributed by atoms with Gasteiger partial charge in [0.2, 0.25) is 5.91 Å². The first kappa shape index (κ1) is 21.6. The fourth-order valence-corrected chi connectivity index (χ4v) is 5.24. The monoisotopic (exact) mass is 461 g/mol. The molecule has 0 N–H and O–H groups in total. The van der Waals surface area contributed by atoms with Crippen molar-refractivity contribution in [3.63, 3.8) is 0 Å². The van der Waals surface area contributed by atoms with E-state index in [0.29, 0.717) is 11.4 Å². The average molecular weight is 462 g/mol. The Morgan fingerprint density at radius 1 is 1.06 bits per heavy atom. The Hall–Kier alpha value is -3.19. The van der Waals surface area contributed by atoms with Gasteiger partial charge in [0.1, 0.15) is 17.3 Å². The van der Waals surface area contributed by atoms with Crippen LogP contribution in [-0.2, 0) is 9.59 Å². The number of ether oxygens (including phenoxy) is 1. The lowest BCUT2D eigenvalue weighted by Gasteiger charge is -2.34. The van der Waals surface area contributed by atoms with Crippen molar-refractivity contribution >= 4 is 28.8 Å². The maximum absolute atomic E-state index is 13.1. The highest BCUT2D eigenvalue weighted by Crippen LogP contribution is 2.38. The highest BCUT2D eigenvalue weighted by atomic mass is 32.1. The Kier molecular flexibility index (Phi) is 6.13. The summed E-state index contributed by atoms with van der Waals surface area (Å²) in [4.78, 5) is 34.4. The molecule has 1 unspecified atom stereocenters. The topological polar surface area (TPSA) is 62.7 Å². The third-order valence-electron chi connectivity index (χ3n) is 6.24. The SMILES string of the molecule is CC1Oc2ccc(-c3csc(-c4ccccc4)n3)cc2N(CC(=O)N2CCCCCC2)C1=O. The molecular weight excluding hydrogens is 434 g/mol. The molecule has 5 rings (SSSR count). The van der Waals surface area contributed by atoms with Crippen LogP contribution in [-0.4, -0.2) is 47.4 Å². The van der Waals surface area contributed by atoms with E-state index in [0.717, 1.165) is 60.6 Å². The Morgan fingerprint density at radius 2 is 1.82 bits per heavy atom. The first-order valence-electron chi connectivity index (χ1n) is 11.5. The van der Waals surface area contributed by atoms with Gasteiger partial charge in [0.25, 0.3) is 5.91 Å². The molecule has 2 amide bonds. The molecule has 3 aromatic rings. The van der Waals surface area contributed by atoms with E-state index in [4.69, 9.17) is 9.72 Å². The van der Waals surface area contributed by atoms with Crippen LogP contribution in [0.4, 0.5) is 5.69 Å². The molecule has 1 saturated heterocycles. The van der Waals surface area contributed by atoms with E-state index in [1.165, 1.54) is 0 Å². The third kappa shape index (κ3) is 4.50. The van der Waals surface area contributed by atoms with Crippen LogP contribution in [0, 0.1) is 0 Å². The quantitative estimate of drug-likeness (QED) is 0.549. The molecule has 0 radical (unpaired) electrons. The highest BCUT2D eigenvalue weighted by molar-refractivity contribution is 7.13. The van der Waals surface area contributed by atoms with E-state index < -0.39 is 6.10 Å². The minimum Gasteiger partial charge on any atom is -0.479 e. The van der Waals surface area contributed by atoms with Gasteiger partial charge in [0.05, 0.1) is 11.4 Å². The smallest absolute Gasteiger partial charge is 0.268 e. The first-order valence-corrected chi connectivity index (χ1v) is 12.4. The van der Waals surface area contributed by atoms with Crippen LogP contribution < -0.4 is 9.64 Å². The molecule has 2 aliphatic rings. The number of rotatable bonds is 4. The van der Waals surface area contributed by atoms with Crippen LogP contribution in [0.1, 0.15) is 32.6 Å². The number of amides is 2. The predicted molar refractivity (Wildman–Crippen MR) is 130 cm³/mol. The summed E-state index contributed by atoms with van der Waals surface area (Å²) >= 11 is 1.58. The number of hydrogen-bond donors (Lipinski definition) is 0. The fraction of sp³-hybridized carbons (Fsp3) is 0.346. The van der Waals surface area contributed by atoms with Gasteiger partial charge in [-0.3, -0.25) is 14.5 Å². The van der Waals surface area contributed by atoms with Crippen LogP contribution >= 0.6 is 11.3 Å². The molecular formula is C26H27N3O3S. The number of likely N-dealkylation sites (tertiary alicyclic amines) is 1. The normalized spacial score (nSPS) is 18.5. The number of thiazole rings is 1. The maximum Gasteiger partial charge on any atom is 0.268 e. The Labute approximate surface area is 197 Å². The zero-order chi connectivity index (χ0) is 22.8. The first-order chi connectivity index (χ1) is 16.1. The summed E-state index contributed by atoms with van der Waals surface area (Å²) < 4.78 is 5.85. The van der Waals surface area contributed by atoms with Crippen LogP contribution in [0.5, 0.6) is 5.75 Å². The van der Waals surface area contributed by atoms with E-state index in [9.17, 15) is 9.59 Å². The second-order valence-electron chi connectivity index (χ2n) is 8.57. The number of carbonyl (C=O) groups is 2. The lowest BCUT2D eigenvalue weighted by molar-refractivity contribution is -0.133. The molecule has 0 saturated carbocycles. The second kappa shape index (κ2) is 9.35. The van der Waals surface area contributed by atoms with Crippen molar-refractivity contribution in [3.05, 3.63) is 53.9 Å². The standard InChI is InChI=1S/C26H27N3O3S/c1-18-26(31)29(16-24(30)28-13-7-2-3-8-14-28)22-15-20(11-12-23(22)32-18)21-17-33-25(27-21)19-9-5-4-6-10-19/h4-6,9-12,15,17-18H,2-3,7-8,13-14,16H2,1H3. The van der Waals surface area contributed by atoms with E-state index in [-0.39, 0.29) is 18.4 Å². The number of aromatic nitrogens is 1. The number of carbonyl (C=O) groups excluding carboxylic acids is 2. The van der Waals surface area contributed by atoms with Crippen molar-refractivity contribution in [3.8, 4) is 27.6 Å². The van der Waals surface area contributed by atoms with Crippen molar-refractivity contribution in [2.75, 3.05) is 24.5 Å². The van der Waals surface area contributed by atoms with Gasteiger partial charge in [-0.15, -0.1) is 11.3 Å². The molecule has 6 nitrogen and oxygen atoms in total. The van der Waals surface area contributed by atoms with Crippen LogP contribution in [0.25, 0.3) is 21.8 Å². The third-order valence-corrected chi connectivity index (χ3v) is 7.13. The summed E-state index contributed by atoms with van der Waals surface area (Å²) in [5.41, 5.74) is 3.44. The molecule has 0 spiro atoms. The molecule has 33 heavy (non-hydrogen) atoms. The fourth-order valence-electron chi connectivity index (χ4n) is 4.40. The molecule has 1 fully saturated rings. The van der Waals surface area contributed by atoms with Gasteiger partial charge in [-0.2, -0.15) is 0 Å². The van der Waals surface area contributed by atoms with E-state index in [1.54, 1.807) is 23.2 Å². The number of anilines is 1. The van der Waals surface area contributed by atoms with E-state index in [1.807, 2.05) is 58.8 Å². The van der Waals surface area contributed by atoms with Crippen LogP contribution in [0.2, 0.25) is 0 Å². The highest BCUT2D eigenvalue weighted by Gasteiger charge is 2.34. The Balaban J connectivity index is 1.43. The Morgan fingerprint density at radius 3 is 2.58 bits per heavy atom. The largest absolute Gasteiger partial charge is 0.479 e. The van der Waals surface area contributed by atoms with Gasteiger partial charge in [-0.25, -0.2) is 4.98 Å². The van der Waals surface area contributed by atoms with Gasteiger partial charge < -0.3 is 9.64 Å². The summed E-state index contributed by atoms with van der Waals surface area (Å²) in [7, 11) is 0. The lowest BCUT2D eigenvalue weighted by Crippen LogP contribution is -2.49. The van der Waals surface area contributed by atoms with Gasteiger partial charge in [-0.05, 0) is 38.0 Å². The molecule has 2 aromatic carbocycles. The van der Waals surface area contributed by atoms with Gasteiger partial charge in [0.15, 0.2) is 6.10 Å². The number of benzene rings is 2. The molecule has 2 aliphatic heterocycles. The zero-order valence-corrected chi connectivity index (χ0v) is 19.5. The summed E-state index contributed by atoms with van der Waals surface area (Å²) in [6.07, 6.45) is 3.73. The summed E-state index contributed by atoms with van der Waals surface area (Å²) in [6.45, 7) is 3.30. The number of hydrogen-bond acceptors (Lipinski definition) is 5. The van der Waals surface area contributed by atoms with Gasteiger partial charge >= 0.3 is 0 Å². The van der Waals surface area contributed by atoms with E-state index in [2.05, 4.69) is 0 Å². The second-order valence-corrected chi connectivity index (χ2v) is 9.42. The molecule has 7 heteroatoms. The molecule has 170 valence electrons. The van der Waals surface area contributed by atoms with Gasteiger partial charge in [-0.1, -0.05) is 43.2 Å². The van der Waals surface area contributed by atoms with Crippen LogP contribution in [0.3, 0.4) is 0 Å². The predicted octanol–water partition coefficient (Wildman–Crippen LogP) is 4.99. The van der Waals surface area contributed by atoms with Crippen molar-refractivity contribution in [2.45, 2.75) is 38.7 Å². The van der Waals surface area contributed by atoms with Crippen molar-refractivity contribution < 1.29 is 14.3 Å². The number of nitrogens with zero attached hydrogens (tertiary/aromatic N) is 3. The summed E-state index contributed by atoms with van der Waals surface area (Å²) in [6, 6.07) is 15.8. The Bertz CT molecular complexity index is 1150. The molecule has 3 heterocycles. The van der Waals surface area contributed by atoms with Crippen LogP contribution in [0.15, 0.2) is 53.9 Å². The molecule has 1 aromatic heterocycles. The van der Waals surface area contributed by atoms with Crippen molar-refractivity contribution in [1.82, 2.24) is 9.88 Å². The molecule has 1 atom stereocenters. The lowest BCUT2D eigenvalue weighted by atomic mass is 10.1. The van der Waals surface area contributed by atoms with Crippen molar-refractivity contribution in [2.24, 2.45) is 0 Å². The molecule has 0 aliphatic carbocycles. The number of fused-ring (bicyclic) bond motifs is 1. The summed E-state index contributed by atoms with van der Waals surface area (Å²) in [5.74, 6) is 0.426. The van der Waals surface area contributed by atoms with E-state index >= 15 is 0 Å². The minimum absolute atomic E-state index is 0.00396. The minimum atomic E-state index is -0.621. The zero-order valence-electron chi connectivity index (χ0n) is 18.7. The molecule has 0 bridgehead atoms. The maximum atomic E-state index is 13.1. The summed E-state index contributed by atoms with van der Waals surface area (Å²) in [5, 5.41) is 2.96. The van der Waals surface area contributed by atoms with Gasteiger partial charge in [0, 0.05) is 29.6 Å².